The van der Waals surface area contributed by atoms with Crippen LogP contribution in [0.25, 0.3) is 0 Å². The van der Waals surface area contributed by atoms with E-state index in [-0.39, 0.29) is 11.6 Å². The Bertz CT molecular complexity index is 766. The molecule has 2 aliphatic rings. The Morgan fingerprint density at radius 3 is 3.00 bits per heavy atom. The second-order valence-corrected chi connectivity index (χ2v) is 6.46. The van der Waals surface area contributed by atoms with Crippen molar-refractivity contribution in [2.45, 2.75) is 58.0 Å². The van der Waals surface area contributed by atoms with Gasteiger partial charge in [0, 0.05) is 12.6 Å². The number of anilines is 1. The molecule has 1 atom stereocenters. The number of hydrogen-bond acceptors (Lipinski definition) is 6. The molecule has 0 bridgehead atoms. The van der Waals surface area contributed by atoms with Crippen LogP contribution in [0.15, 0.2) is 15.4 Å². The Morgan fingerprint density at radius 2 is 2.17 bits per heavy atom. The maximum absolute atomic E-state index is 12.4. The van der Waals surface area contributed by atoms with Gasteiger partial charge in [0.1, 0.15) is 0 Å². The third kappa shape index (κ3) is 2.75. The predicted molar refractivity (Wildman–Crippen MR) is 84.5 cm³/mol. The van der Waals surface area contributed by atoms with E-state index in [0.29, 0.717) is 18.4 Å². The molecule has 1 fully saturated rings. The minimum absolute atomic E-state index is 0.000732. The normalized spacial score (nSPS) is 20.7. The average Bonchev–Trinajstić information content (AvgIpc) is 3.16. The summed E-state index contributed by atoms with van der Waals surface area (Å²) in [6, 6.07) is 2.51. The molecule has 0 N–H and O–H groups in total. The summed E-state index contributed by atoms with van der Waals surface area (Å²) >= 11 is 0. The highest BCUT2D eigenvalue weighted by atomic mass is 16.5. The number of aromatic nitrogens is 4. The van der Waals surface area contributed by atoms with Gasteiger partial charge in [0.2, 0.25) is 0 Å². The fraction of sp³-hybridized carbons (Fsp3) is 0.625. The quantitative estimate of drug-likeness (QED) is 0.854. The van der Waals surface area contributed by atoms with Gasteiger partial charge in [0.15, 0.2) is 5.82 Å². The molecule has 2 aromatic rings. The van der Waals surface area contributed by atoms with Crippen LogP contribution in [0.3, 0.4) is 0 Å². The van der Waals surface area contributed by atoms with Crippen LogP contribution in [0, 0.1) is 6.92 Å². The molecule has 0 amide bonds. The van der Waals surface area contributed by atoms with Gasteiger partial charge in [-0.25, -0.2) is 4.68 Å². The first kappa shape index (κ1) is 14.4. The van der Waals surface area contributed by atoms with E-state index in [0.717, 1.165) is 56.3 Å². The van der Waals surface area contributed by atoms with Crippen molar-refractivity contribution >= 4 is 6.01 Å². The fourth-order valence-corrected chi connectivity index (χ4v) is 3.61. The third-order valence-corrected chi connectivity index (χ3v) is 4.80. The topological polar surface area (TPSA) is 77.0 Å². The van der Waals surface area contributed by atoms with E-state index in [9.17, 15) is 4.79 Å². The molecule has 1 aliphatic carbocycles. The van der Waals surface area contributed by atoms with E-state index in [1.807, 2.05) is 6.92 Å². The summed E-state index contributed by atoms with van der Waals surface area (Å²) in [7, 11) is 0. The lowest BCUT2D eigenvalue weighted by Gasteiger charge is -2.23. The second-order valence-electron chi connectivity index (χ2n) is 6.46. The first-order valence-electron chi connectivity index (χ1n) is 8.37. The third-order valence-electron chi connectivity index (χ3n) is 4.80. The Morgan fingerprint density at radius 1 is 1.30 bits per heavy atom. The standard InChI is InChI=1S/C16H21N5O2/c1-11-17-16(23-19-11)20-8-4-6-13(20)10-21-15(22)9-12-5-2-3-7-14(12)18-21/h9,13H,2-8,10H2,1H3. The first-order chi connectivity index (χ1) is 11.2. The van der Waals surface area contributed by atoms with Crippen molar-refractivity contribution in [3.05, 3.63) is 33.5 Å². The molecule has 1 unspecified atom stereocenters. The zero-order chi connectivity index (χ0) is 15.8. The smallest absolute Gasteiger partial charge is 0.320 e. The zero-order valence-electron chi connectivity index (χ0n) is 13.4. The van der Waals surface area contributed by atoms with Gasteiger partial charge in [-0.15, -0.1) is 0 Å². The van der Waals surface area contributed by atoms with Gasteiger partial charge in [0.25, 0.3) is 5.56 Å². The van der Waals surface area contributed by atoms with Crippen molar-refractivity contribution in [2.24, 2.45) is 0 Å². The van der Waals surface area contributed by atoms with Crippen LogP contribution in [0.1, 0.15) is 42.8 Å². The van der Waals surface area contributed by atoms with E-state index in [1.165, 1.54) is 0 Å². The minimum atomic E-state index is -0.000732. The van der Waals surface area contributed by atoms with Crippen molar-refractivity contribution < 1.29 is 4.52 Å². The van der Waals surface area contributed by atoms with Gasteiger partial charge in [-0.2, -0.15) is 10.1 Å². The monoisotopic (exact) mass is 315 g/mol. The predicted octanol–water partition coefficient (Wildman–Crippen LogP) is 1.48. The molecule has 0 saturated carbocycles. The lowest BCUT2D eigenvalue weighted by molar-refractivity contribution is 0.392. The number of fused-ring (bicyclic) bond motifs is 1. The van der Waals surface area contributed by atoms with Crippen molar-refractivity contribution in [1.29, 1.82) is 0 Å². The van der Waals surface area contributed by atoms with E-state index >= 15 is 0 Å². The number of nitrogens with zero attached hydrogens (tertiary/aromatic N) is 5. The molecule has 7 heteroatoms. The van der Waals surface area contributed by atoms with Crippen molar-refractivity contribution in [3.8, 4) is 0 Å². The molecular formula is C16H21N5O2. The van der Waals surface area contributed by atoms with Crippen LogP contribution >= 0.6 is 0 Å². The molecule has 122 valence electrons. The summed E-state index contributed by atoms with van der Waals surface area (Å²) in [5.41, 5.74) is 2.22. The highest BCUT2D eigenvalue weighted by molar-refractivity contribution is 5.29. The molecule has 23 heavy (non-hydrogen) atoms. The molecule has 0 aromatic carbocycles. The van der Waals surface area contributed by atoms with Crippen LogP contribution in [0.5, 0.6) is 0 Å². The summed E-state index contributed by atoms with van der Waals surface area (Å²) in [6.45, 7) is 3.27. The Balaban J connectivity index is 1.58. The molecule has 0 radical (unpaired) electrons. The van der Waals surface area contributed by atoms with E-state index < -0.39 is 0 Å². The van der Waals surface area contributed by atoms with Crippen molar-refractivity contribution in [1.82, 2.24) is 19.9 Å². The second kappa shape index (κ2) is 5.79. The molecule has 1 aliphatic heterocycles. The molecule has 3 heterocycles. The summed E-state index contributed by atoms with van der Waals surface area (Å²) in [5.74, 6) is 0.634. The Labute approximate surface area is 134 Å². The number of hydrogen-bond donors (Lipinski definition) is 0. The van der Waals surface area contributed by atoms with Gasteiger partial charge < -0.3 is 9.42 Å². The van der Waals surface area contributed by atoms with Crippen LogP contribution in [-0.2, 0) is 19.4 Å². The van der Waals surface area contributed by atoms with Crippen molar-refractivity contribution in [2.75, 3.05) is 11.4 Å². The van der Waals surface area contributed by atoms with Crippen molar-refractivity contribution in [3.63, 3.8) is 0 Å². The molecular weight excluding hydrogens is 294 g/mol. The van der Waals surface area contributed by atoms with Crippen LogP contribution in [-0.4, -0.2) is 32.5 Å². The summed E-state index contributed by atoms with van der Waals surface area (Å²) < 4.78 is 6.92. The Hall–Kier alpha value is -2.18. The molecule has 1 saturated heterocycles. The van der Waals surface area contributed by atoms with E-state index in [2.05, 4.69) is 20.1 Å². The van der Waals surface area contributed by atoms with Gasteiger partial charge in [-0.1, -0.05) is 5.16 Å². The lowest BCUT2D eigenvalue weighted by atomic mass is 9.97. The van der Waals surface area contributed by atoms with Gasteiger partial charge in [-0.3, -0.25) is 4.79 Å². The molecule has 0 spiro atoms. The molecule has 2 aromatic heterocycles. The maximum Gasteiger partial charge on any atom is 0.324 e. The highest BCUT2D eigenvalue weighted by Gasteiger charge is 2.29. The zero-order valence-corrected chi connectivity index (χ0v) is 13.4. The number of rotatable bonds is 3. The van der Waals surface area contributed by atoms with Crippen LogP contribution < -0.4 is 10.5 Å². The summed E-state index contributed by atoms with van der Waals surface area (Å²) in [5, 5.41) is 8.49. The summed E-state index contributed by atoms with van der Waals surface area (Å²) in [4.78, 5) is 18.8. The largest absolute Gasteiger partial charge is 0.324 e. The number of aryl methyl sites for hydroxylation is 3. The lowest BCUT2D eigenvalue weighted by Crippen LogP contribution is -2.38. The summed E-state index contributed by atoms with van der Waals surface area (Å²) in [6.07, 6.45) is 6.35. The Kier molecular flexibility index (Phi) is 3.63. The SMILES string of the molecule is Cc1noc(N2CCCC2Cn2nc3c(cc2=O)CCCC3)n1. The first-order valence-corrected chi connectivity index (χ1v) is 8.37. The molecule has 7 nitrogen and oxygen atoms in total. The van der Waals surface area contributed by atoms with Gasteiger partial charge in [0.05, 0.1) is 18.3 Å². The van der Waals surface area contributed by atoms with Crippen LogP contribution in [0.4, 0.5) is 6.01 Å². The van der Waals surface area contributed by atoms with E-state index in [1.54, 1.807) is 10.7 Å². The maximum atomic E-state index is 12.4. The molecule has 4 rings (SSSR count). The van der Waals surface area contributed by atoms with E-state index in [4.69, 9.17) is 4.52 Å². The van der Waals surface area contributed by atoms with Gasteiger partial charge >= 0.3 is 6.01 Å². The fourth-order valence-electron chi connectivity index (χ4n) is 3.61. The van der Waals surface area contributed by atoms with Gasteiger partial charge in [-0.05, 0) is 51.0 Å². The minimum Gasteiger partial charge on any atom is -0.320 e. The average molecular weight is 315 g/mol. The highest BCUT2D eigenvalue weighted by Crippen LogP contribution is 2.25. The van der Waals surface area contributed by atoms with Crippen LogP contribution in [0.2, 0.25) is 0 Å².